The molecule has 0 bridgehead atoms. The first kappa shape index (κ1) is 10.2. The molecule has 0 aliphatic carbocycles. The molecule has 1 aromatic rings. The summed E-state index contributed by atoms with van der Waals surface area (Å²) in [5.74, 6) is 0. The Morgan fingerprint density at radius 2 is 1.85 bits per heavy atom. The molecule has 0 aliphatic rings. The van der Waals surface area contributed by atoms with Crippen LogP contribution in [0.4, 0.5) is 5.69 Å². The summed E-state index contributed by atoms with van der Waals surface area (Å²) in [4.78, 5) is 16.8. The molecule has 0 atom stereocenters. The number of nitrogens with two attached hydrogens (primary N) is 1. The highest BCUT2D eigenvalue weighted by Gasteiger charge is 2.13. The minimum atomic E-state index is -4.37. The lowest BCUT2D eigenvalue weighted by Gasteiger charge is -2.04. The Labute approximate surface area is 75.4 Å². The van der Waals surface area contributed by atoms with E-state index in [0.29, 0.717) is 11.3 Å². The van der Waals surface area contributed by atoms with Crippen LogP contribution in [0.25, 0.3) is 0 Å². The van der Waals surface area contributed by atoms with E-state index in [1.54, 1.807) is 24.3 Å². The Hall–Kier alpha value is -0.870. The van der Waals surface area contributed by atoms with E-state index < -0.39 is 7.82 Å². The molecule has 1 rings (SSSR count). The van der Waals surface area contributed by atoms with E-state index in [-0.39, 0.29) is 6.61 Å². The molecule has 13 heavy (non-hydrogen) atoms. The third-order valence-corrected chi connectivity index (χ3v) is 1.84. The lowest BCUT2D eigenvalue weighted by atomic mass is 10.2. The van der Waals surface area contributed by atoms with Crippen molar-refractivity contribution in [2.75, 3.05) is 5.73 Å². The summed E-state index contributed by atoms with van der Waals surface area (Å²) in [7, 11) is -4.37. The number of hydrogen-bond donors (Lipinski definition) is 3. The first-order chi connectivity index (χ1) is 5.97. The molecule has 72 valence electrons. The summed E-state index contributed by atoms with van der Waals surface area (Å²) in [5.41, 5.74) is 6.68. The van der Waals surface area contributed by atoms with Crippen LogP contribution in [0.1, 0.15) is 5.56 Å². The summed E-state index contributed by atoms with van der Waals surface area (Å²) in [6.45, 7) is -0.120. The lowest BCUT2D eigenvalue weighted by molar-refractivity contribution is 0.189. The molecule has 1 aromatic carbocycles. The van der Waals surface area contributed by atoms with Crippen molar-refractivity contribution in [3.05, 3.63) is 29.8 Å². The molecule has 0 amide bonds. The van der Waals surface area contributed by atoms with Crippen molar-refractivity contribution >= 4 is 13.5 Å². The van der Waals surface area contributed by atoms with Crippen LogP contribution in [-0.4, -0.2) is 9.79 Å². The van der Waals surface area contributed by atoms with Gasteiger partial charge in [-0.05, 0) is 17.7 Å². The van der Waals surface area contributed by atoms with E-state index in [4.69, 9.17) is 15.5 Å². The molecular weight excluding hydrogens is 193 g/mol. The SMILES string of the molecule is Nc1ccc(COP(=O)(O)O)cc1. The zero-order valence-corrected chi connectivity index (χ0v) is 7.65. The quantitative estimate of drug-likeness (QED) is 0.500. The second-order valence-electron chi connectivity index (χ2n) is 2.51. The Morgan fingerprint density at radius 3 is 2.31 bits per heavy atom. The standard InChI is InChI=1S/C7H10NO4P/c8-7-3-1-6(2-4-7)5-12-13(9,10)11/h1-4H,5,8H2,(H2,9,10,11). The van der Waals surface area contributed by atoms with E-state index >= 15 is 0 Å². The molecule has 0 fully saturated rings. The highest BCUT2D eigenvalue weighted by Crippen LogP contribution is 2.36. The van der Waals surface area contributed by atoms with E-state index in [0.717, 1.165) is 0 Å². The average Bonchev–Trinajstić information content (AvgIpc) is 2.02. The Balaban J connectivity index is 2.56. The van der Waals surface area contributed by atoms with E-state index in [1.165, 1.54) is 0 Å². The van der Waals surface area contributed by atoms with Crippen LogP contribution in [0.5, 0.6) is 0 Å². The molecule has 0 heterocycles. The van der Waals surface area contributed by atoms with E-state index in [9.17, 15) is 4.57 Å². The molecular formula is C7H10NO4P. The molecule has 0 radical (unpaired) electrons. The second kappa shape index (κ2) is 3.89. The lowest BCUT2D eigenvalue weighted by Crippen LogP contribution is -1.91. The number of benzene rings is 1. The van der Waals surface area contributed by atoms with Gasteiger partial charge in [-0.1, -0.05) is 12.1 Å². The first-order valence-electron chi connectivity index (χ1n) is 3.52. The Kier molecular flexibility index (Phi) is 3.06. The average molecular weight is 203 g/mol. The second-order valence-corrected chi connectivity index (χ2v) is 3.74. The van der Waals surface area contributed by atoms with Crippen molar-refractivity contribution in [1.82, 2.24) is 0 Å². The molecule has 5 nitrogen and oxygen atoms in total. The fraction of sp³-hybridized carbons (Fsp3) is 0.143. The van der Waals surface area contributed by atoms with Gasteiger partial charge in [-0.2, -0.15) is 0 Å². The number of hydrogen-bond acceptors (Lipinski definition) is 3. The van der Waals surface area contributed by atoms with Crippen LogP contribution in [-0.2, 0) is 15.7 Å². The molecule has 0 aliphatic heterocycles. The maximum Gasteiger partial charge on any atom is 0.469 e. The van der Waals surface area contributed by atoms with Crippen molar-refractivity contribution in [2.24, 2.45) is 0 Å². The van der Waals surface area contributed by atoms with Gasteiger partial charge in [-0.15, -0.1) is 0 Å². The van der Waals surface area contributed by atoms with Crippen molar-refractivity contribution in [2.45, 2.75) is 6.61 Å². The predicted octanol–water partition coefficient (Wildman–Crippen LogP) is 0.878. The number of nitrogen functional groups attached to an aromatic ring is 1. The Bertz CT molecular complexity index is 318. The van der Waals surface area contributed by atoms with Gasteiger partial charge in [0.15, 0.2) is 0 Å². The van der Waals surface area contributed by atoms with E-state index in [2.05, 4.69) is 4.52 Å². The predicted molar refractivity (Wildman–Crippen MR) is 47.7 cm³/mol. The highest BCUT2D eigenvalue weighted by atomic mass is 31.2. The van der Waals surface area contributed by atoms with Crippen LogP contribution >= 0.6 is 7.82 Å². The smallest absolute Gasteiger partial charge is 0.399 e. The zero-order chi connectivity index (χ0) is 9.90. The fourth-order valence-electron chi connectivity index (χ4n) is 0.772. The number of phosphoric ester groups is 1. The van der Waals surface area contributed by atoms with Crippen LogP contribution in [0.2, 0.25) is 0 Å². The van der Waals surface area contributed by atoms with Crippen molar-refractivity contribution in [3.8, 4) is 0 Å². The summed E-state index contributed by atoms with van der Waals surface area (Å²) >= 11 is 0. The number of rotatable bonds is 3. The highest BCUT2D eigenvalue weighted by molar-refractivity contribution is 7.46. The summed E-state index contributed by atoms with van der Waals surface area (Å²) in [6, 6.07) is 6.56. The van der Waals surface area contributed by atoms with Crippen molar-refractivity contribution in [1.29, 1.82) is 0 Å². The molecule has 6 heteroatoms. The minimum absolute atomic E-state index is 0.120. The van der Waals surface area contributed by atoms with Gasteiger partial charge < -0.3 is 15.5 Å². The molecule has 0 saturated heterocycles. The zero-order valence-electron chi connectivity index (χ0n) is 6.75. The van der Waals surface area contributed by atoms with Crippen LogP contribution in [0, 0.1) is 0 Å². The summed E-state index contributed by atoms with van der Waals surface area (Å²) < 4.78 is 14.6. The van der Waals surface area contributed by atoms with Crippen LogP contribution in [0.3, 0.4) is 0 Å². The molecule has 0 aromatic heterocycles. The van der Waals surface area contributed by atoms with Gasteiger partial charge in [0.05, 0.1) is 6.61 Å². The van der Waals surface area contributed by atoms with Gasteiger partial charge in [0.25, 0.3) is 0 Å². The maximum absolute atomic E-state index is 10.3. The van der Waals surface area contributed by atoms with Gasteiger partial charge in [0.2, 0.25) is 0 Å². The van der Waals surface area contributed by atoms with Gasteiger partial charge in [0, 0.05) is 5.69 Å². The normalized spacial score (nSPS) is 11.5. The van der Waals surface area contributed by atoms with Crippen molar-refractivity contribution in [3.63, 3.8) is 0 Å². The van der Waals surface area contributed by atoms with Gasteiger partial charge in [-0.3, -0.25) is 4.52 Å². The summed E-state index contributed by atoms with van der Waals surface area (Å²) in [5, 5.41) is 0. The van der Waals surface area contributed by atoms with Crippen molar-refractivity contribution < 1.29 is 18.9 Å². The maximum atomic E-state index is 10.3. The van der Waals surface area contributed by atoms with Gasteiger partial charge >= 0.3 is 7.82 Å². The molecule has 0 spiro atoms. The first-order valence-corrected chi connectivity index (χ1v) is 5.05. The molecule has 4 N–H and O–H groups in total. The monoisotopic (exact) mass is 203 g/mol. The van der Waals surface area contributed by atoms with Crippen LogP contribution in [0.15, 0.2) is 24.3 Å². The van der Waals surface area contributed by atoms with Gasteiger partial charge in [-0.25, -0.2) is 4.57 Å². The minimum Gasteiger partial charge on any atom is -0.399 e. The third-order valence-electron chi connectivity index (χ3n) is 1.38. The largest absolute Gasteiger partial charge is 0.469 e. The fourth-order valence-corrected chi connectivity index (χ4v) is 1.09. The topological polar surface area (TPSA) is 92.8 Å². The number of anilines is 1. The number of phosphoric acid groups is 1. The molecule has 0 saturated carbocycles. The summed E-state index contributed by atoms with van der Waals surface area (Å²) in [6.07, 6.45) is 0. The molecule has 0 unspecified atom stereocenters. The van der Waals surface area contributed by atoms with Gasteiger partial charge in [0.1, 0.15) is 0 Å². The van der Waals surface area contributed by atoms with E-state index in [1.807, 2.05) is 0 Å². The Morgan fingerprint density at radius 1 is 1.31 bits per heavy atom. The van der Waals surface area contributed by atoms with Crippen LogP contribution < -0.4 is 5.73 Å². The third kappa shape index (κ3) is 4.05.